The Morgan fingerprint density at radius 1 is 1.35 bits per heavy atom. The van der Waals surface area contributed by atoms with Crippen LogP contribution in [0.3, 0.4) is 0 Å². The second-order valence-electron chi connectivity index (χ2n) is 6.46. The van der Waals surface area contributed by atoms with Gasteiger partial charge in [-0.15, -0.1) is 11.3 Å². The van der Waals surface area contributed by atoms with Crippen molar-refractivity contribution in [1.82, 2.24) is 4.90 Å². The highest BCUT2D eigenvalue weighted by atomic mass is 32.1. The topological polar surface area (TPSA) is 55.8 Å². The molecule has 1 aliphatic heterocycles. The van der Waals surface area contributed by atoms with Gasteiger partial charge in [0.25, 0.3) is 5.91 Å². The Bertz CT molecular complexity index is 819. The lowest BCUT2D eigenvalue weighted by Crippen LogP contribution is -2.44. The number of benzene rings is 1. The molecule has 0 unspecified atom stereocenters. The third-order valence-corrected chi connectivity index (χ3v) is 5.86. The van der Waals surface area contributed by atoms with Crippen molar-refractivity contribution in [2.45, 2.75) is 38.8 Å². The van der Waals surface area contributed by atoms with Crippen molar-refractivity contribution in [1.29, 1.82) is 0 Å². The number of hydrogen-bond donors (Lipinski definition) is 0. The van der Waals surface area contributed by atoms with Crippen LogP contribution in [0.15, 0.2) is 18.2 Å². The molecule has 1 saturated heterocycles. The molecule has 0 bridgehead atoms. The first-order chi connectivity index (χ1) is 12.5. The van der Waals surface area contributed by atoms with Gasteiger partial charge >= 0.3 is 5.97 Å². The van der Waals surface area contributed by atoms with Gasteiger partial charge in [-0.2, -0.15) is 0 Å². The molecule has 0 spiro atoms. The number of thiophene rings is 1. The molecule has 0 radical (unpaired) electrons. The van der Waals surface area contributed by atoms with Gasteiger partial charge in [-0.3, -0.25) is 4.79 Å². The summed E-state index contributed by atoms with van der Waals surface area (Å²) in [5, 5.41) is 0.377. The number of esters is 1. The maximum Gasteiger partial charge on any atom is 0.349 e. The van der Waals surface area contributed by atoms with Gasteiger partial charge in [-0.05, 0) is 38.3 Å². The molecule has 1 fully saturated rings. The van der Waals surface area contributed by atoms with Gasteiger partial charge in [0, 0.05) is 35.3 Å². The summed E-state index contributed by atoms with van der Waals surface area (Å²) in [6.07, 6.45) is 3.04. The Morgan fingerprint density at radius 3 is 2.88 bits per heavy atom. The summed E-state index contributed by atoms with van der Waals surface area (Å²) in [6.45, 7) is 2.50. The molecule has 1 atom stereocenters. The predicted octanol–water partition coefficient (Wildman–Crippen LogP) is 3.74. The van der Waals surface area contributed by atoms with Gasteiger partial charge in [-0.25, -0.2) is 9.18 Å². The molecule has 7 heteroatoms. The number of amides is 1. The van der Waals surface area contributed by atoms with Gasteiger partial charge in [0.15, 0.2) is 6.61 Å². The molecule has 0 aliphatic carbocycles. The van der Waals surface area contributed by atoms with Crippen molar-refractivity contribution < 1.29 is 23.5 Å². The van der Waals surface area contributed by atoms with Gasteiger partial charge in [0.2, 0.25) is 0 Å². The van der Waals surface area contributed by atoms with E-state index in [-0.39, 0.29) is 30.0 Å². The number of likely N-dealkylation sites (tertiary alicyclic amines) is 1. The van der Waals surface area contributed by atoms with Crippen LogP contribution in [-0.4, -0.2) is 43.1 Å². The SMILES string of the molecule is COCc1c(C(=O)OCC(=O)N2CCCC[C@@H]2C)sc2cccc(F)c12. The van der Waals surface area contributed by atoms with Crippen molar-refractivity contribution in [3.63, 3.8) is 0 Å². The number of hydrogen-bond acceptors (Lipinski definition) is 5. The Morgan fingerprint density at radius 2 is 2.15 bits per heavy atom. The summed E-state index contributed by atoms with van der Waals surface area (Å²) in [5.41, 5.74) is 0.467. The minimum atomic E-state index is -0.615. The summed E-state index contributed by atoms with van der Waals surface area (Å²) in [5.74, 6) is -1.20. The molecular formula is C19H22FNO4S. The minimum absolute atomic E-state index is 0.0997. The Labute approximate surface area is 155 Å². The first-order valence-corrected chi connectivity index (χ1v) is 9.50. The van der Waals surface area contributed by atoms with E-state index >= 15 is 0 Å². The van der Waals surface area contributed by atoms with Crippen molar-refractivity contribution in [2.75, 3.05) is 20.3 Å². The quantitative estimate of drug-likeness (QED) is 0.743. The van der Waals surface area contributed by atoms with E-state index in [1.165, 1.54) is 13.2 Å². The zero-order valence-electron chi connectivity index (χ0n) is 14.9. The van der Waals surface area contributed by atoms with Gasteiger partial charge in [0.05, 0.1) is 6.61 Å². The number of carbonyl (C=O) groups is 2. The molecule has 26 heavy (non-hydrogen) atoms. The number of fused-ring (bicyclic) bond motifs is 1. The normalized spacial score (nSPS) is 17.5. The molecule has 1 aromatic carbocycles. The molecule has 1 aliphatic rings. The van der Waals surface area contributed by atoms with Crippen LogP contribution in [0, 0.1) is 5.82 Å². The third-order valence-electron chi connectivity index (χ3n) is 4.69. The van der Waals surface area contributed by atoms with Gasteiger partial charge in [-0.1, -0.05) is 6.07 Å². The Hall–Kier alpha value is -1.99. The van der Waals surface area contributed by atoms with E-state index < -0.39 is 11.8 Å². The molecule has 140 valence electrons. The largest absolute Gasteiger partial charge is 0.451 e. The fourth-order valence-electron chi connectivity index (χ4n) is 3.36. The molecule has 1 aromatic heterocycles. The van der Waals surface area contributed by atoms with Crippen LogP contribution in [0.5, 0.6) is 0 Å². The van der Waals surface area contributed by atoms with E-state index in [1.807, 2.05) is 6.92 Å². The molecule has 2 aromatic rings. The van der Waals surface area contributed by atoms with Crippen molar-refractivity contribution in [3.05, 3.63) is 34.5 Å². The third kappa shape index (κ3) is 3.73. The number of piperidine rings is 1. The second kappa shape index (κ2) is 8.14. The van der Waals surface area contributed by atoms with Crippen LogP contribution < -0.4 is 0 Å². The number of methoxy groups -OCH3 is 1. The number of carbonyl (C=O) groups excluding carboxylic acids is 2. The summed E-state index contributed by atoms with van der Waals surface area (Å²) >= 11 is 1.15. The van der Waals surface area contributed by atoms with E-state index in [1.54, 1.807) is 17.0 Å². The zero-order chi connectivity index (χ0) is 18.7. The van der Waals surface area contributed by atoms with E-state index in [9.17, 15) is 14.0 Å². The molecule has 1 amide bonds. The highest BCUT2D eigenvalue weighted by Gasteiger charge is 2.26. The first-order valence-electron chi connectivity index (χ1n) is 8.68. The van der Waals surface area contributed by atoms with E-state index in [0.717, 1.165) is 30.6 Å². The van der Waals surface area contributed by atoms with Crippen LogP contribution in [0.1, 0.15) is 41.4 Å². The lowest BCUT2D eigenvalue weighted by Gasteiger charge is -2.33. The predicted molar refractivity (Wildman–Crippen MR) is 97.8 cm³/mol. The van der Waals surface area contributed by atoms with Crippen LogP contribution >= 0.6 is 11.3 Å². The summed E-state index contributed by atoms with van der Waals surface area (Å²) in [7, 11) is 1.49. The molecule has 3 rings (SSSR count). The summed E-state index contributed by atoms with van der Waals surface area (Å²) in [6, 6.07) is 4.86. The van der Waals surface area contributed by atoms with Crippen LogP contribution in [0.4, 0.5) is 4.39 Å². The van der Waals surface area contributed by atoms with Crippen LogP contribution in [0.2, 0.25) is 0 Å². The fraction of sp³-hybridized carbons (Fsp3) is 0.474. The number of nitrogens with zero attached hydrogens (tertiary/aromatic N) is 1. The van der Waals surface area contributed by atoms with Crippen LogP contribution in [-0.2, 0) is 20.9 Å². The second-order valence-corrected chi connectivity index (χ2v) is 7.52. The molecular weight excluding hydrogens is 357 g/mol. The van der Waals surface area contributed by atoms with E-state index in [2.05, 4.69) is 0 Å². The number of halogens is 1. The van der Waals surface area contributed by atoms with Crippen molar-refractivity contribution in [2.24, 2.45) is 0 Å². The highest BCUT2D eigenvalue weighted by Crippen LogP contribution is 2.34. The lowest BCUT2D eigenvalue weighted by molar-refractivity contribution is -0.137. The number of rotatable bonds is 5. The summed E-state index contributed by atoms with van der Waals surface area (Å²) < 4.78 is 25.2. The molecule has 2 heterocycles. The standard InChI is InChI=1S/C19H22FNO4S/c1-12-6-3-4-9-21(12)16(22)11-25-19(23)18-13(10-24-2)17-14(20)7-5-8-15(17)26-18/h5,7-8,12H,3-4,6,9-11H2,1-2H3/t12-/m0/s1. The first kappa shape index (κ1) is 18.8. The van der Waals surface area contributed by atoms with Crippen molar-refractivity contribution >= 4 is 33.3 Å². The maximum atomic E-state index is 14.2. The maximum absolute atomic E-state index is 14.2. The van der Waals surface area contributed by atoms with Gasteiger partial charge in [0.1, 0.15) is 10.7 Å². The highest BCUT2D eigenvalue weighted by molar-refractivity contribution is 7.21. The van der Waals surface area contributed by atoms with Gasteiger partial charge < -0.3 is 14.4 Å². The minimum Gasteiger partial charge on any atom is -0.451 e. The van der Waals surface area contributed by atoms with E-state index in [4.69, 9.17) is 9.47 Å². The molecule has 0 N–H and O–H groups in total. The Balaban J connectivity index is 1.76. The van der Waals surface area contributed by atoms with Crippen LogP contribution in [0.25, 0.3) is 10.1 Å². The average molecular weight is 379 g/mol. The van der Waals surface area contributed by atoms with Crippen molar-refractivity contribution in [3.8, 4) is 0 Å². The fourth-order valence-corrected chi connectivity index (χ4v) is 4.47. The van der Waals surface area contributed by atoms with E-state index in [0.29, 0.717) is 22.2 Å². The smallest absolute Gasteiger partial charge is 0.349 e. The Kier molecular flexibility index (Phi) is 5.88. The monoisotopic (exact) mass is 379 g/mol. The zero-order valence-corrected chi connectivity index (χ0v) is 15.7. The average Bonchev–Trinajstić information content (AvgIpc) is 3.00. The molecule has 5 nitrogen and oxygen atoms in total. The number of ether oxygens (including phenoxy) is 2. The lowest BCUT2D eigenvalue weighted by atomic mass is 10.0. The molecule has 0 saturated carbocycles. The summed E-state index contributed by atoms with van der Waals surface area (Å²) in [4.78, 5) is 26.9.